The van der Waals surface area contributed by atoms with Crippen LogP contribution < -0.4 is 5.32 Å². The van der Waals surface area contributed by atoms with Crippen LogP contribution in [0.2, 0.25) is 0 Å². The number of aliphatic hydroxyl groups is 1. The molecule has 0 aliphatic carbocycles. The maximum Gasteiger partial charge on any atom is 0.248 e. The van der Waals surface area contributed by atoms with Crippen LogP contribution in [0.15, 0.2) is 35.7 Å². The molecule has 0 saturated heterocycles. The van der Waals surface area contributed by atoms with Crippen LogP contribution in [0.4, 0.5) is 5.69 Å². The van der Waals surface area contributed by atoms with Crippen molar-refractivity contribution in [2.45, 2.75) is 20.0 Å². The first-order valence-corrected chi connectivity index (χ1v) is 7.12. The first-order chi connectivity index (χ1) is 9.56. The lowest BCUT2D eigenvalue weighted by Gasteiger charge is -2.11. The van der Waals surface area contributed by atoms with Crippen LogP contribution in [0.5, 0.6) is 0 Å². The minimum atomic E-state index is -0.628. The lowest BCUT2D eigenvalue weighted by atomic mass is 10.1. The summed E-state index contributed by atoms with van der Waals surface area (Å²) in [7, 11) is 0. The number of anilines is 1. The highest BCUT2D eigenvalue weighted by atomic mass is 32.1. The zero-order valence-corrected chi connectivity index (χ0v) is 12.1. The molecule has 0 spiro atoms. The Morgan fingerprint density at radius 1 is 1.45 bits per heavy atom. The fourth-order valence-electron chi connectivity index (χ4n) is 1.77. The number of hydrogen-bond acceptors (Lipinski definition) is 4. The molecule has 1 aromatic carbocycles. The number of aliphatic hydroxyl groups excluding tert-OH is 1. The van der Waals surface area contributed by atoms with E-state index in [0.29, 0.717) is 11.3 Å². The Morgan fingerprint density at radius 3 is 2.85 bits per heavy atom. The van der Waals surface area contributed by atoms with Gasteiger partial charge in [-0.15, -0.1) is 11.3 Å². The lowest BCUT2D eigenvalue weighted by Crippen LogP contribution is -2.10. The molecule has 2 N–H and O–H groups in total. The number of carbonyl (C=O) groups is 1. The van der Waals surface area contributed by atoms with Crippen LogP contribution in [0.3, 0.4) is 0 Å². The first kappa shape index (κ1) is 14.4. The third kappa shape index (κ3) is 3.76. The van der Waals surface area contributed by atoms with Crippen molar-refractivity contribution in [3.63, 3.8) is 0 Å². The minimum absolute atomic E-state index is 0.247. The maximum absolute atomic E-state index is 11.9. The smallest absolute Gasteiger partial charge is 0.248 e. The van der Waals surface area contributed by atoms with Crippen LogP contribution >= 0.6 is 11.3 Å². The Hall–Kier alpha value is -1.98. The summed E-state index contributed by atoms with van der Waals surface area (Å²) in [5, 5.41) is 15.3. The van der Waals surface area contributed by atoms with E-state index in [9.17, 15) is 9.90 Å². The molecule has 1 unspecified atom stereocenters. The Kier molecular flexibility index (Phi) is 4.65. The molecule has 0 radical (unpaired) electrons. The number of para-hydroxylation sites is 1. The average molecular weight is 288 g/mol. The Morgan fingerprint density at radius 2 is 2.20 bits per heavy atom. The molecule has 1 aromatic heterocycles. The second kappa shape index (κ2) is 6.45. The Labute approximate surface area is 121 Å². The SMILES string of the molecule is Cc1nc(C=CC(=O)Nc2ccccc2C(C)O)cs1. The Bertz CT molecular complexity index is 632. The van der Waals surface area contributed by atoms with Gasteiger partial charge in [-0.25, -0.2) is 4.98 Å². The van der Waals surface area contributed by atoms with Gasteiger partial charge in [0.1, 0.15) is 0 Å². The number of thiazole rings is 1. The van der Waals surface area contributed by atoms with E-state index in [1.807, 2.05) is 24.4 Å². The summed E-state index contributed by atoms with van der Waals surface area (Å²) in [5.74, 6) is -0.247. The van der Waals surface area contributed by atoms with Gasteiger partial charge in [-0.2, -0.15) is 0 Å². The highest BCUT2D eigenvalue weighted by Crippen LogP contribution is 2.22. The molecule has 1 amide bonds. The zero-order valence-electron chi connectivity index (χ0n) is 11.3. The van der Waals surface area contributed by atoms with Crippen molar-refractivity contribution in [2.24, 2.45) is 0 Å². The van der Waals surface area contributed by atoms with Crippen molar-refractivity contribution in [1.29, 1.82) is 0 Å². The number of rotatable bonds is 4. The molecular formula is C15H16N2O2S. The molecule has 5 heteroatoms. The quantitative estimate of drug-likeness (QED) is 0.849. The minimum Gasteiger partial charge on any atom is -0.389 e. The van der Waals surface area contributed by atoms with Crippen molar-refractivity contribution in [3.8, 4) is 0 Å². The Balaban J connectivity index is 2.07. The molecule has 0 aliphatic rings. The summed E-state index contributed by atoms with van der Waals surface area (Å²) in [6, 6.07) is 7.19. The number of amides is 1. The van der Waals surface area contributed by atoms with Crippen molar-refractivity contribution in [1.82, 2.24) is 4.98 Å². The van der Waals surface area contributed by atoms with E-state index < -0.39 is 6.10 Å². The van der Waals surface area contributed by atoms with E-state index in [1.54, 1.807) is 25.1 Å². The van der Waals surface area contributed by atoms with Gasteiger partial charge in [0.25, 0.3) is 0 Å². The molecule has 104 valence electrons. The molecule has 4 nitrogen and oxygen atoms in total. The van der Waals surface area contributed by atoms with Crippen molar-refractivity contribution >= 4 is 29.0 Å². The summed E-state index contributed by atoms with van der Waals surface area (Å²) in [6.45, 7) is 3.58. The molecule has 2 rings (SSSR count). The summed E-state index contributed by atoms with van der Waals surface area (Å²) >= 11 is 1.54. The van der Waals surface area contributed by atoms with Crippen molar-refractivity contribution in [3.05, 3.63) is 52.0 Å². The third-order valence-electron chi connectivity index (χ3n) is 2.71. The molecule has 0 bridgehead atoms. The molecule has 0 fully saturated rings. The van der Waals surface area contributed by atoms with Gasteiger partial charge in [-0.3, -0.25) is 4.79 Å². The van der Waals surface area contributed by atoms with Crippen molar-refractivity contribution in [2.75, 3.05) is 5.32 Å². The fourth-order valence-corrected chi connectivity index (χ4v) is 2.35. The van der Waals surface area contributed by atoms with Gasteiger partial charge in [0, 0.05) is 22.7 Å². The summed E-state index contributed by atoms with van der Waals surface area (Å²) in [5.41, 5.74) is 2.08. The van der Waals surface area contributed by atoms with Gasteiger partial charge in [0.15, 0.2) is 0 Å². The number of aryl methyl sites for hydroxylation is 1. The standard InChI is InChI=1S/C15H16N2O2S/c1-10(18)13-5-3-4-6-14(13)17-15(19)8-7-12-9-20-11(2)16-12/h3-10,18H,1-2H3,(H,17,19). The second-order valence-electron chi connectivity index (χ2n) is 4.38. The number of nitrogens with one attached hydrogen (secondary N) is 1. The molecule has 20 heavy (non-hydrogen) atoms. The molecular weight excluding hydrogens is 272 g/mol. The molecule has 2 aromatic rings. The number of aromatic nitrogens is 1. The maximum atomic E-state index is 11.9. The van der Waals surface area contributed by atoms with E-state index in [1.165, 1.54) is 17.4 Å². The fraction of sp³-hybridized carbons (Fsp3) is 0.200. The summed E-state index contributed by atoms with van der Waals surface area (Å²) in [6.07, 6.45) is 2.48. The third-order valence-corrected chi connectivity index (χ3v) is 3.50. The number of carbonyl (C=O) groups excluding carboxylic acids is 1. The van der Waals surface area contributed by atoms with Crippen LogP contribution in [0.25, 0.3) is 6.08 Å². The molecule has 1 atom stereocenters. The van der Waals surface area contributed by atoms with E-state index in [0.717, 1.165) is 10.7 Å². The zero-order chi connectivity index (χ0) is 14.5. The number of benzene rings is 1. The monoisotopic (exact) mass is 288 g/mol. The van der Waals surface area contributed by atoms with Crippen LogP contribution in [0, 0.1) is 6.92 Å². The summed E-state index contributed by atoms with van der Waals surface area (Å²) < 4.78 is 0. The van der Waals surface area contributed by atoms with Gasteiger partial charge in [0.05, 0.1) is 16.8 Å². The van der Waals surface area contributed by atoms with E-state index in [2.05, 4.69) is 10.3 Å². The van der Waals surface area contributed by atoms with E-state index >= 15 is 0 Å². The normalized spacial score (nSPS) is 12.6. The van der Waals surface area contributed by atoms with Gasteiger partial charge >= 0.3 is 0 Å². The molecule has 1 heterocycles. The van der Waals surface area contributed by atoms with E-state index in [4.69, 9.17) is 0 Å². The first-order valence-electron chi connectivity index (χ1n) is 6.24. The van der Waals surface area contributed by atoms with Crippen molar-refractivity contribution < 1.29 is 9.90 Å². The van der Waals surface area contributed by atoms with Crippen LogP contribution in [-0.4, -0.2) is 16.0 Å². The number of nitrogens with zero attached hydrogens (tertiary/aromatic N) is 1. The highest BCUT2D eigenvalue weighted by Gasteiger charge is 2.08. The van der Waals surface area contributed by atoms with Gasteiger partial charge in [0.2, 0.25) is 5.91 Å². The van der Waals surface area contributed by atoms with Crippen LogP contribution in [0.1, 0.15) is 29.3 Å². The molecule has 0 saturated carbocycles. The van der Waals surface area contributed by atoms with Gasteiger partial charge in [-0.1, -0.05) is 18.2 Å². The number of hydrogen-bond donors (Lipinski definition) is 2. The van der Waals surface area contributed by atoms with Crippen LogP contribution in [-0.2, 0) is 4.79 Å². The predicted molar refractivity (Wildman–Crippen MR) is 81.6 cm³/mol. The summed E-state index contributed by atoms with van der Waals surface area (Å²) in [4.78, 5) is 16.1. The molecule has 0 aliphatic heterocycles. The highest BCUT2D eigenvalue weighted by molar-refractivity contribution is 7.09. The predicted octanol–water partition coefficient (Wildman–Crippen LogP) is 3.16. The lowest BCUT2D eigenvalue weighted by molar-refractivity contribution is -0.111. The second-order valence-corrected chi connectivity index (χ2v) is 5.44. The average Bonchev–Trinajstić information content (AvgIpc) is 2.83. The van der Waals surface area contributed by atoms with E-state index in [-0.39, 0.29) is 5.91 Å². The van der Waals surface area contributed by atoms with Gasteiger partial charge < -0.3 is 10.4 Å². The largest absolute Gasteiger partial charge is 0.389 e. The topological polar surface area (TPSA) is 62.2 Å². The van der Waals surface area contributed by atoms with Gasteiger partial charge in [-0.05, 0) is 26.0 Å².